The van der Waals surface area contributed by atoms with Gasteiger partial charge in [-0.05, 0) is 42.0 Å². The summed E-state index contributed by atoms with van der Waals surface area (Å²) in [5, 5.41) is 5.27. The number of alkyl halides is 3. The van der Waals surface area contributed by atoms with Gasteiger partial charge in [-0.25, -0.2) is 0 Å². The quantitative estimate of drug-likeness (QED) is 0.682. The van der Waals surface area contributed by atoms with E-state index in [9.17, 15) is 22.8 Å². The first-order chi connectivity index (χ1) is 12.7. The van der Waals surface area contributed by atoms with E-state index in [1.165, 1.54) is 24.3 Å². The molecule has 0 aromatic heterocycles. The van der Waals surface area contributed by atoms with Crippen molar-refractivity contribution in [3.63, 3.8) is 0 Å². The van der Waals surface area contributed by atoms with Gasteiger partial charge in [0.05, 0.1) is 0 Å². The Hall–Kier alpha value is -2.55. The highest BCUT2D eigenvalue weighted by Gasteiger charge is 2.30. The van der Waals surface area contributed by atoms with Gasteiger partial charge in [-0.3, -0.25) is 9.59 Å². The van der Waals surface area contributed by atoms with Crippen molar-refractivity contribution < 1.29 is 27.5 Å². The van der Waals surface area contributed by atoms with Crippen LogP contribution >= 0.6 is 15.9 Å². The van der Waals surface area contributed by atoms with E-state index in [1.807, 2.05) is 0 Å². The zero-order valence-corrected chi connectivity index (χ0v) is 15.6. The molecule has 0 atom stereocenters. The molecule has 0 aliphatic heterocycles. The van der Waals surface area contributed by atoms with Gasteiger partial charge in [-0.15, -0.1) is 13.2 Å². The molecular weight excluding hydrogens is 429 g/mol. The van der Waals surface area contributed by atoms with Crippen LogP contribution in [0.1, 0.15) is 22.3 Å². The number of carbonyl (C=O) groups is 2. The Labute approximate surface area is 162 Å². The largest absolute Gasteiger partial charge is 0.573 e. The fourth-order valence-electron chi connectivity index (χ4n) is 2.09. The Morgan fingerprint density at radius 2 is 1.59 bits per heavy atom. The lowest BCUT2D eigenvalue weighted by Crippen LogP contribution is -2.30. The fourth-order valence-corrected chi connectivity index (χ4v) is 2.36. The molecule has 2 rings (SSSR count). The molecule has 0 aliphatic carbocycles. The molecule has 2 aromatic rings. The molecule has 2 N–H and O–H groups in total. The Balaban J connectivity index is 1.70. The molecule has 2 amide bonds. The minimum absolute atomic E-state index is 0.0809. The van der Waals surface area contributed by atoms with Crippen LogP contribution in [0.25, 0.3) is 0 Å². The summed E-state index contributed by atoms with van der Waals surface area (Å²) in [4.78, 5) is 23.7. The van der Waals surface area contributed by atoms with Crippen LogP contribution in [0.3, 0.4) is 0 Å². The van der Waals surface area contributed by atoms with Crippen LogP contribution in [0.4, 0.5) is 13.2 Å². The first kappa shape index (κ1) is 20.8. The molecule has 0 heterocycles. The molecule has 144 valence electrons. The predicted octanol–water partition coefficient (Wildman–Crippen LogP) is 3.78. The summed E-state index contributed by atoms with van der Waals surface area (Å²) in [6, 6.07) is 12.0. The number of ether oxygens (including phenoxy) is 1. The molecule has 27 heavy (non-hydrogen) atoms. The van der Waals surface area contributed by atoms with Gasteiger partial charge >= 0.3 is 6.36 Å². The number of benzene rings is 2. The van der Waals surface area contributed by atoms with Gasteiger partial charge in [0.1, 0.15) is 5.75 Å². The maximum absolute atomic E-state index is 12.1. The Morgan fingerprint density at radius 3 is 2.19 bits per heavy atom. The Bertz CT molecular complexity index is 778. The third kappa shape index (κ3) is 7.69. The van der Waals surface area contributed by atoms with Crippen molar-refractivity contribution in [1.29, 1.82) is 0 Å². The van der Waals surface area contributed by atoms with Crippen LogP contribution in [0.5, 0.6) is 5.75 Å². The van der Waals surface area contributed by atoms with E-state index in [4.69, 9.17) is 0 Å². The minimum Gasteiger partial charge on any atom is -0.406 e. The molecule has 0 fully saturated rings. The molecular formula is C18H16BrF3N2O3. The first-order valence-corrected chi connectivity index (χ1v) is 8.67. The second-order valence-corrected chi connectivity index (χ2v) is 6.40. The molecule has 0 saturated carbocycles. The van der Waals surface area contributed by atoms with E-state index in [0.717, 1.165) is 4.47 Å². The molecule has 2 aromatic carbocycles. The van der Waals surface area contributed by atoms with Crippen LogP contribution in [0.2, 0.25) is 0 Å². The van der Waals surface area contributed by atoms with E-state index < -0.39 is 6.36 Å². The highest BCUT2D eigenvalue weighted by atomic mass is 79.9. The normalized spacial score (nSPS) is 11.0. The topological polar surface area (TPSA) is 67.4 Å². The zero-order valence-electron chi connectivity index (χ0n) is 14.0. The molecule has 5 nitrogen and oxygen atoms in total. The molecule has 0 bridgehead atoms. The summed E-state index contributed by atoms with van der Waals surface area (Å²) >= 11 is 3.28. The summed E-state index contributed by atoms with van der Waals surface area (Å²) < 4.78 is 40.9. The third-order valence-electron chi connectivity index (χ3n) is 3.39. The predicted molar refractivity (Wildman–Crippen MR) is 96.1 cm³/mol. The van der Waals surface area contributed by atoms with Crippen molar-refractivity contribution in [2.75, 3.05) is 6.54 Å². The lowest BCUT2D eigenvalue weighted by molar-refractivity contribution is -0.274. The van der Waals surface area contributed by atoms with E-state index in [0.29, 0.717) is 11.1 Å². The Morgan fingerprint density at radius 1 is 0.963 bits per heavy atom. The lowest BCUT2D eigenvalue weighted by Gasteiger charge is -2.10. The van der Waals surface area contributed by atoms with Gasteiger partial charge < -0.3 is 15.4 Å². The summed E-state index contributed by atoms with van der Waals surface area (Å²) in [5.41, 5.74) is 1.11. The zero-order chi connectivity index (χ0) is 19.9. The number of amides is 2. The first-order valence-electron chi connectivity index (χ1n) is 7.88. The second-order valence-electron chi connectivity index (χ2n) is 5.48. The highest BCUT2D eigenvalue weighted by molar-refractivity contribution is 9.10. The number of rotatable bonds is 7. The van der Waals surface area contributed by atoms with Crippen molar-refractivity contribution in [1.82, 2.24) is 10.6 Å². The molecule has 0 spiro atoms. The third-order valence-corrected chi connectivity index (χ3v) is 3.92. The maximum atomic E-state index is 12.1. The lowest BCUT2D eigenvalue weighted by atomic mass is 10.2. The van der Waals surface area contributed by atoms with Crippen LogP contribution in [-0.4, -0.2) is 24.7 Å². The van der Waals surface area contributed by atoms with Gasteiger partial charge in [0.25, 0.3) is 5.91 Å². The number of hydrogen-bond donors (Lipinski definition) is 2. The second kappa shape index (κ2) is 9.40. The molecule has 0 saturated heterocycles. The van der Waals surface area contributed by atoms with Gasteiger partial charge in [-0.2, -0.15) is 0 Å². The molecule has 0 unspecified atom stereocenters. The average Bonchev–Trinajstić information content (AvgIpc) is 2.60. The monoisotopic (exact) mass is 444 g/mol. The van der Waals surface area contributed by atoms with Gasteiger partial charge in [0.2, 0.25) is 5.91 Å². The van der Waals surface area contributed by atoms with Gasteiger partial charge in [-0.1, -0.05) is 28.1 Å². The van der Waals surface area contributed by atoms with Crippen molar-refractivity contribution >= 4 is 27.7 Å². The number of carbonyl (C=O) groups excluding carboxylic acids is 2. The fraction of sp³-hybridized carbons (Fsp3) is 0.222. The smallest absolute Gasteiger partial charge is 0.406 e. The van der Waals surface area contributed by atoms with Gasteiger partial charge in [0.15, 0.2) is 0 Å². The van der Waals surface area contributed by atoms with Crippen LogP contribution in [0, 0.1) is 0 Å². The van der Waals surface area contributed by atoms with Gasteiger partial charge in [0, 0.05) is 29.5 Å². The van der Waals surface area contributed by atoms with Crippen molar-refractivity contribution in [3.8, 4) is 5.75 Å². The number of halogens is 4. The summed E-state index contributed by atoms with van der Waals surface area (Å²) in [7, 11) is 0. The van der Waals surface area contributed by atoms with E-state index in [-0.39, 0.29) is 37.1 Å². The summed E-state index contributed by atoms with van der Waals surface area (Å²) in [5.74, 6) is -0.898. The van der Waals surface area contributed by atoms with Crippen LogP contribution in [-0.2, 0) is 11.3 Å². The standard InChI is InChI=1S/C18H16BrF3N2O3/c19-14-5-3-13(4-6-14)17(26)23-10-9-16(25)24-11-12-1-7-15(8-2-12)27-18(20,21)22/h1-8H,9-11H2,(H,23,26)(H,24,25). The summed E-state index contributed by atoms with van der Waals surface area (Å²) in [6.07, 6.45) is -4.66. The molecule has 9 heteroatoms. The Kier molecular flexibility index (Phi) is 7.23. The van der Waals surface area contributed by atoms with E-state index >= 15 is 0 Å². The molecule has 0 radical (unpaired) electrons. The SMILES string of the molecule is O=C(CCNC(=O)c1ccc(Br)cc1)NCc1ccc(OC(F)(F)F)cc1. The van der Waals surface area contributed by atoms with Crippen LogP contribution < -0.4 is 15.4 Å². The van der Waals surface area contributed by atoms with Crippen molar-refractivity contribution in [2.24, 2.45) is 0 Å². The van der Waals surface area contributed by atoms with Crippen molar-refractivity contribution in [2.45, 2.75) is 19.3 Å². The minimum atomic E-state index is -4.74. The molecule has 0 aliphatic rings. The number of hydrogen-bond acceptors (Lipinski definition) is 3. The summed E-state index contributed by atoms with van der Waals surface area (Å²) in [6.45, 7) is 0.324. The van der Waals surface area contributed by atoms with E-state index in [1.54, 1.807) is 24.3 Å². The van der Waals surface area contributed by atoms with Crippen LogP contribution in [0.15, 0.2) is 53.0 Å². The highest BCUT2D eigenvalue weighted by Crippen LogP contribution is 2.22. The maximum Gasteiger partial charge on any atom is 0.573 e. The van der Waals surface area contributed by atoms with Crippen molar-refractivity contribution in [3.05, 3.63) is 64.1 Å². The number of nitrogens with one attached hydrogen (secondary N) is 2. The van der Waals surface area contributed by atoms with E-state index in [2.05, 4.69) is 31.3 Å². The average molecular weight is 445 g/mol.